The Bertz CT molecular complexity index is 461. The van der Waals surface area contributed by atoms with E-state index in [9.17, 15) is 9.90 Å². The molecular formula is C14H18BrNO2. The Labute approximate surface area is 116 Å². The number of benzene rings is 1. The summed E-state index contributed by atoms with van der Waals surface area (Å²) in [5.74, 6) is -0.263. The first-order chi connectivity index (χ1) is 8.50. The Morgan fingerprint density at radius 2 is 2.17 bits per heavy atom. The quantitative estimate of drug-likeness (QED) is 0.903. The van der Waals surface area contributed by atoms with Gasteiger partial charge in [0.25, 0.3) is 0 Å². The third-order valence-electron chi connectivity index (χ3n) is 3.87. The molecule has 1 aliphatic heterocycles. The molecule has 2 unspecified atom stereocenters. The number of rotatable bonds is 2. The van der Waals surface area contributed by atoms with E-state index in [1.807, 2.05) is 12.1 Å². The Hall–Kier alpha value is -1.03. The zero-order chi connectivity index (χ0) is 13.3. The highest BCUT2D eigenvalue weighted by Gasteiger charge is 2.27. The monoisotopic (exact) mass is 311 g/mol. The Morgan fingerprint density at radius 3 is 2.83 bits per heavy atom. The lowest BCUT2D eigenvalue weighted by Crippen LogP contribution is -2.43. The van der Waals surface area contributed by atoms with Gasteiger partial charge in [-0.3, -0.25) is 0 Å². The maximum absolute atomic E-state index is 11.4. The fraction of sp³-hybridized carbons (Fsp3) is 0.500. The van der Waals surface area contributed by atoms with E-state index in [-0.39, 0.29) is 0 Å². The minimum absolute atomic E-state index is 0.380. The van der Waals surface area contributed by atoms with E-state index < -0.39 is 5.97 Å². The molecule has 2 rings (SSSR count). The molecule has 1 N–H and O–H groups in total. The summed E-state index contributed by atoms with van der Waals surface area (Å²) in [5, 5.41) is 9.33. The van der Waals surface area contributed by atoms with Crippen molar-refractivity contribution < 1.29 is 9.90 Å². The first kappa shape index (κ1) is 13.4. The normalized spacial score (nSPS) is 24.1. The Kier molecular flexibility index (Phi) is 3.95. The van der Waals surface area contributed by atoms with E-state index in [1.54, 1.807) is 6.07 Å². The van der Waals surface area contributed by atoms with Gasteiger partial charge in [0.05, 0.1) is 11.3 Å². The zero-order valence-electron chi connectivity index (χ0n) is 10.7. The first-order valence-electron chi connectivity index (χ1n) is 6.30. The Balaban J connectivity index is 2.40. The van der Waals surface area contributed by atoms with Gasteiger partial charge < -0.3 is 10.0 Å². The van der Waals surface area contributed by atoms with Crippen LogP contribution in [0.2, 0.25) is 0 Å². The van der Waals surface area contributed by atoms with Crippen LogP contribution in [0.1, 0.15) is 37.0 Å². The highest BCUT2D eigenvalue weighted by Crippen LogP contribution is 2.32. The molecule has 1 aliphatic rings. The molecule has 18 heavy (non-hydrogen) atoms. The van der Waals surface area contributed by atoms with Crippen LogP contribution in [0.25, 0.3) is 0 Å². The molecule has 2 atom stereocenters. The van der Waals surface area contributed by atoms with Gasteiger partial charge in [0.15, 0.2) is 0 Å². The minimum atomic E-state index is -0.864. The van der Waals surface area contributed by atoms with Gasteiger partial charge in [-0.25, -0.2) is 4.79 Å². The smallest absolute Gasteiger partial charge is 0.337 e. The maximum atomic E-state index is 11.4. The van der Waals surface area contributed by atoms with Gasteiger partial charge in [0, 0.05) is 17.1 Å². The SMILES string of the molecule is CC1CCCN(c2ccc(Br)cc2C(=O)O)C1C. The highest BCUT2D eigenvalue weighted by atomic mass is 79.9. The number of hydrogen-bond donors (Lipinski definition) is 1. The number of nitrogens with zero attached hydrogens (tertiary/aromatic N) is 1. The second-order valence-corrected chi connectivity index (χ2v) is 5.94. The number of halogens is 1. The number of hydrogen-bond acceptors (Lipinski definition) is 2. The fourth-order valence-electron chi connectivity index (χ4n) is 2.61. The standard InChI is InChI=1S/C14H18BrNO2/c1-9-4-3-7-16(10(9)2)13-6-5-11(15)8-12(13)14(17)18/h5-6,8-10H,3-4,7H2,1-2H3,(H,17,18). The zero-order valence-corrected chi connectivity index (χ0v) is 12.3. The predicted molar refractivity (Wildman–Crippen MR) is 76.3 cm³/mol. The molecule has 1 aromatic rings. The van der Waals surface area contributed by atoms with Crippen LogP contribution in [0.3, 0.4) is 0 Å². The van der Waals surface area contributed by atoms with Gasteiger partial charge in [0.2, 0.25) is 0 Å². The highest BCUT2D eigenvalue weighted by molar-refractivity contribution is 9.10. The summed E-state index contributed by atoms with van der Waals surface area (Å²) in [6, 6.07) is 5.89. The molecule has 0 bridgehead atoms. The van der Waals surface area contributed by atoms with Crippen molar-refractivity contribution in [1.29, 1.82) is 0 Å². The second-order valence-electron chi connectivity index (χ2n) is 5.02. The lowest BCUT2D eigenvalue weighted by molar-refractivity contribution is 0.0697. The molecular weight excluding hydrogens is 294 g/mol. The number of piperidine rings is 1. The maximum Gasteiger partial charge on any atom is 0.337 e. The molecule has 0 amide bonds. The van der Waals surface area contributed by atoms with Crippen molar-refractivity contribution in [3.05, 3.63) is 28.2 Å². The van der Waals surface area contributed by atoms with Crippen LogP contribution in [0, 0.1) is 5.92 Å². The lowest BCUT2D eigenvalue weighted by Gasteiger charge is -2.40. The van der Waals surface area contributed by atoms with Crippen molar-refractivity contribution in [2.45, 2.75) is 32.7 Å². The Morgan fingerprint density at radius 1 is 1.44 bits per heavy atom. The van der Waals surface area contributed by atoms with Crippen molar-refractivity contribution in [3.63, 3.8) is 0 Å². The summed E-state index contributed by atoms with van der Waals surface area (Å²) in [6.07, 6.45) is 2.34. The van der Waals surface area contributed by atoms with Crippen LogP contribution in [0.5, 0.6) is 0 Å². The van der Waals surface area contributed by atoms with E-state index in [1.165, 1.54) is 6.42 Å². The number of carbonyl (C=O) groups is 1. The molecule has 0 radical (unpaired) electrons. The summed E-state index contributed by atoms with van der Waals surface area (Å²) in [4.78, 5) is 13.6. The van der Waals surface area contributed by atoms with Gasteiger partial charge in [-0.05, 0) is 43.9 Å². The van der Waals surface area contributed by atoms with Crippen LogP contribution in [-0.2, 0) is 0 Å². The molecule has 3 nitrogen and oxygen atoms in total. The van der Waals surface area contributed by atoms with Gasteiger partial charge >= 0.3 is 5.97 Å². The van der Waals surface area contributed by atoms with E-state index in [2.05, 4.69) is 34.7 Å². The molecule has 98 valence electrons. The van der Waals surface area contributed by atoms with Crippen LogP contribution in [0.15, 0.2) is 22.7 Å². The third kappa shape index (κ3) is 2.53. The summed E-state index contributed by atoms with van der Waals surface area (Å²) >= 11 is 3.33. The molecule has 1 aromatic carbocycles. The third-order valence-corrected chi connectivity index (χ3v) is 4.37. The predicted octanol–water partition coefficient (Wildman–Crippen LogP) is 3.77. The van der Waals surface area contributed by atoms with Crippen molar-refractivity contribution in [2.75, 3.05) is 11.4 Å². The number of carboxylic acids is 1. The van der Waals surface area contributed by atoms with E-state index >= 15 is 0 Å². The topological polar surface area (TPSA) is 40.5 Å². The number of aromatic carboxylic acids is 1. The largest absolute Gasteiger partial charge is 0.478 e. The average Bonchev–Trinajstić information content (AvgIpc) is 2.33. The molecule has 0 aromatic heterocycles. The summed E-state index contributed by atoms with van der Waals surface area (Å²) in [7, 11) is 0. The van der Waals surface area contributed by atoms with Crippen molar-refractivity contribution in [1.82, 2.24) is 0 Å². The molecule has 1 saturated heterocycles. The molecule has 4 heteroatoms. The average molecular weight is 312 g/mol. The van der Waals surface area contributed by atoms with E-state index in [0.29, 0.717) is 17.5 Å². The number of carboxylic acid groups (broad SMARTS) is 1. The fourth-order valence-corrected chi connectivity index (χ4v) is 2.97. The van der Waals surface area contributed by atoms with Crippen molar-refractivity contribution >= 4 is 27.6 Å². The molecule has 0 aliphatic carbocycles. The molecule has 0 spiro atoms. The van der Waals surface area contributed by atoms with Crippen molar-refractivity contribution in [3.8, 4) is 0 Å². The summed E-state index contributed by atoms with van der Waals surface area (Å²) in [6.45, 7) is 5.35. The van der Waals surface area contributed by atoms with Gasteiger partial charge in [-0.1, -0.05) is 22.9 Å². The minimum Gasteiger partial charge on any atom is -0.478 e. The molecule has 1 heterocycles. The summed E-state index contributed by atoms with van der Waals surface area (Å²) < 4.78 is 0.807. The van der Waals surface area contributed by atoms with Gasteiger partial charge in [0.1, 0.15) is 0 Å². The molecule has 0 saturated carbocycles. The first-order valence-corrected chi connectivity index (χ1v) is 7.09. The van der Waals surface area contributed by atoms with E-state index in [0.717, 1.165) is 23.1 Å². The van der Waals surface area contributed by atoms with Crippen LogP contribution in [0.4, 0.5) is 5.69 Å². The number of anilines is 1. The van der Waals surface area contributed by atoms with Crippen molar-refractivity contribution in [2.24, 2.45) is 5.92 Å². The van der Waals surface area contributed by atoms with Gasteiger partial charge in [-0.2, -0.15) is 0 Å². The van der Waals surface area contributed by atoms with Crippen LogP contribution < -0.4 is 4.90 Å². The van der Waals surface area contributed by atoms with Gasteiger partial charge in [-0.15, -0.1) is 0 Å². The van der Waals surface area contributed by atoms with Crippen LogP contribution in [-0.4, -0.2) is 23.7 Å². The van der Waals surface area contributed by atoms with E-state index in [4.69, 9.17) is 0 Å². The second kappa shape index (κ2) is 5.31. The lowest BCUT2D eigenvalue weighted by atomic mass is 9.91. The summed E-state index contributed by atoms with van der Waals surface area (Å²) in [5.41, 5.74) is 1.22. The van der Waals surface area contributed by atoms with Crippen LogP contribution >= 0.6 is 15.9 Å². The molecule has 1 fully saturated rings.